The number of amides is 3. The van der Waals surface area contributed by atoms with Gasteiger partial charge in [-0.2, -0.15) is 0 Å². The van der Waals surface area contributed by atoms with Gasteiger partial charge in [0, 0.05) is 12.2 Å². The third-order valence-corrected chi connectivity index (χ3v) is 9.41. The van der Waals surface area contributed by atoms with Crippen molar-refractivity contribution in [2.75, 3.05) is 5.75 Å². The molecule has 3 rings (SSSR count). The van der Waals surface area contributed by atoms with E-state index in [1.54, 1.807) is 38.1 Å². The number of carbonyl (C=O) groups is 4. The van der Waals surface area contributed by atoms with Crippen LogP contribution in [0.4, 0.5) is 0 Å². The number of aromatic hydroxyl groups is 2. The molecule has 0 radical (unpaired) electrons. The maximum absolute atomic E-state index is 13.3. The molecule has 0 aliphatic carbocycles. The van der Waals surface area contributed by atoms with E-state index in [0.29, 0.717) is 5.56 Å². The number of phenols is 2. The van der Waals surface area contributed by atoms with Gasteiger partial charge >= 0.3 is 5.97 Å². The van der Waals surface area contributed by atoms with E-state index in [1.807, 2.05) is 0 Å². The van der Waals surface area contributed by atoms with Crippen LogP contribution in [0.15, 0.2) is 48.5 Å². The molecule has 11 nitrogen and oxygen atoms in total. The van der Waals surface area contributed by atoms with Gasteiger partial charge in [-0.15, -0.1) is 0 Å². The number of hydrogen-bond acceptors (Lipinski definition) is 9. The van der Waals surface area contributed by atoms with E-state index in [0.717, 1.165) is 5.56 Å². The monoisotopic (exact) mass is 576 g/mol. The van der Waals surface area contributed by atoms with Gasteiger partial charge in [0.05, 0.1) is 10.8 Å². The molecule has 2 aromatic rings. The summed E-state index contributed by atoms with van der Waals surface area (Å²) in [5.41, 5.74) is 7.43. The van der Waals surface area contributed by atoms with Crippen LogP contribution in [0.5, 0.6) is 11.5 Å². The standard InChI is InChI=1S/C26H32N4O7S2/c1-26(2)21(25(36)37)30-23(34)19(12-15-5-9-17(32)10-6-15)28-24(35)20(13-38-39-26)29-22(33)18(27)11-14-3-7-16(31)8-4-14/h3-10,18-21,31-32H,11-13,27H2,1-2H3,(H,28,35)(H,29,33)(H,30,34)(H,36,37)/t18-,19?,20+,21-/m0/s1. The lowest BCUT2D eigenvalue weighted by molar-refractivity contribution is -0.143. The average Bonchev–Trinajstić information content (AvgIpc) is 2.88. The largest absolute Gasteiger partial charge is 0.508 e. The van der Waals surface area contributed by atoms with Crippen LogP contribution in [-0.4, -0.2) is 73.7 Å². The minimum Gasteiger partial charge on any atom is -0.508 e. The Bertz CT molecular complexity index is 1190. The summed E-state index contributed by atoms with van der Waals surface area (Å²) in [4.78, 5) is 51.5. The first kappa shape index (κ1) is 30.1. The maximum atomic E-state index is 13.3. The van der Waals surface area contributed by atoms with Gasteiger partial charge < -0.3 is 37.0 Å². The van der Waals surface area contributed by atoms with Crippen molar-refractivity contribution in [2.45, 2.75) is 55.6 Å². The number of nitrogens with one attached hydrogen (secondary N) is 3. The van der Waals surface area contributed by atoms with Crippen molar-refractivity contribution in [1.82, 2.24) is 16.0 Å². The minimum atomic E-state index is -1.26. The van der Waals surface area contributed by atoms with E-state index in [1.165, 1.54) is 45.9 Å². The van der Waals surface area contributed by atoms with Gasteiger partial charge in [-0.1, -0.05) is 45.9 Å². The molecule has 1 aliphatic heterocycles. The Labute approximate surface area is 233 Å². The molecule has 0 aromatic heterocycles. The van der Waals surface area contributed by atoms with Crippen molar-refractivity contribution in [3.8, 4) is 11.5 Å². The maximum Gasteiger partial charge on any atom is 0.327 e. The molecule has 0 bridgehead atoms. The van der Waals surface area contributed by atoms with Gasteiger partial charge in [-0.25, -0.2) is 4.79 Å². The third kappa shape index (κ3) is 8.53. The normalized spacial score (nSPS) is 22.5. The first-order chi connectivity index (χ1) is 18.4. The van der Waals surface area contributed by atoms with Gasteiger partial charge in [0.25, 0.3) is 0 Å². The van der Waals surface area contributed by atoms with Crippen LogP contribution in [0.3, 0.4) is 0 Å². The topological polar surface area (TPSA) is 191 Å². The summed E-state index contributed by atoms with van der Waals surface area (Å²) in [7, 11) is 2.38. The van der Waals surface area contributed by atoms with Crippen molar-refractivity contribution in [3.63, 3.8) is 0 Å². The van der Waals surface area contributed by atoms with Gasteiger partial charge in [0.2, 0.25) is 17.7 Å². The molecule has 13 heteroatoms. The Hall–Kier alpha value is -3.42. The molecular formula is C26H32N4O7S2. The van der Waals surface area contributed by atoms with Crippen LogP contribution in [0.1, 0.15) is 25.0 Å². The van der Waals surface area contributed by atoms with Crippen molar-refractivity contribution >= 4 is 45.3 Å². The van der Waals surface area contributed by atoms with Crippen LogP contribution in [0.2, 0.25) is 0 Å². The Morgan fingerprint density at radius 1 is 1.00 bits per heavy atom. The number of carboxylic acids is 1. The second-order valence-electron chi connectivity index (χ2n) is 9.72. The zero-order chi connectivity index (χ0) is 28.7. The van der Waals surface area contributed by atoms with E-state index >= 15 is 0 Å². The molecule has 2 aromatic carbocycles. The molecule has 8 N–H and O–H groups in total. The zero-order valence-electron chi connectivity index (χ0n) is 21.4. The summed E-state index contributed by atoms with van der Waals surface area (Å²) in [5, 5.41) is 36.7. The van der Waals surface area contributed by atoms with Gasteiger partial charge in [0.1, 0.15) is 29.6 Å². The van der Waals surface area contributed by atoms with E-state index < -0.39 is 52.6 Å². The summed E-state index contributed by atoms with van der Waals surface area (Å²) in [6.07, 6.45) is 0.188. The molecule has 1 unspecified atom stereocenters. The highest BCUT2D eigenvalue weighted by Gasteiger charge is 2.40. The van der Waals surface area contributed by atoms with Gasteiger partial charge in [0.15, 0.2) is 0 Å². The fraction of sp³-hybridized carbons (Fsp3) is 0.385. The highest BCUT2D eigenvalue weighted by Crippen LogP contribution is 2.39. The molecule has 0 saturated carbocycles. The summed E-state index contributed by atoms with van der Waals surface area (Å²) >= 11 is 0. The van der Waals surface area contributed by atoms with Crippen LogP contribution < -0.4 is 21.7 Å². The SMILES string of the molecule is CC1(C)SSC[C@@H](NC(=O)[C@@H](N)Cc2ccc(O)cc2)C(=O)NC(Cc2ccc(O)cc2)C(=O)N[C@H]1C(=O)O. The summed E-state index contributed by atoms with van der Waals surface area (Å²) < 4.78 is -0.966. The van der Waals surface area contributed by atoms with Crippen LogP contribution in [-0.2, 0) is 32.0 Å². The molecule has 210 valence electrons. The summed E-state index contributed by atoms with van der Waals surface area (Å²) in [6.45, 7) is 3.35. The van der Waals surface area contributed by atoms with E-state index in [-0.39, 0.29) is 30.1 Å². The Morgan fingerprint density at radius 3 is 2.13 bits per heavy atom. The zero-order valence-corrected chi connectivity index (χ0v) is 23.1. The molecule has 1 heterocycles. The number of nitrogens with two attached hydrogens (primary N) is 1. The lowest BCUT2D eigenvalue weighted by Crippen LogP contribution is -2.59. The molecule has 0 spiro atoms. The smallest absolute Gasteiger partial charge is 0.327 e. The highest BCUT2D eigenvalue weighted by atomic mass is 33.1. The van der Waals surface area contributed by atoms with Crippen LogP contribution in [0, 0.1) is 0 Å². The van der Waals surface area contributed by atoms with Gasteiger partial charge in [-0.3, -0.25) is 14.4 Å². The summed E-state index contributed by atoms with van der Waals surface area (Å²) in [6, 6.07) is 7.85. The van der Waals surface area contributed by atoms with Crippen molar-refractivity contribution in [3.05, 3.63) is 59.7 Å². The van der Waals surface area contributed by atoms with Gasteiger partial charge in [-0.05, 0) is 55.7 Å². The molecule has 1 saturated heterocycles. The predicted molar refractivity (Wildman–Crippen MR) is 149 cm³/mol. The number of carbonyl (C=O) groups excluding carboxylic acids is 3. The van der Waals surface area contributed by atoms with Crippen molar-refractivity contribution < 1.29 is 34.5 Å². The Morgan fingerprint density at radius 2 is 1.56 bits per heavy atom. The number of phenolic OH excluding ortho intramolecular Hbond substituents is 2. The summed E-state index contributed by atoms with van der Waals surface area (Å²) in [5.74, 6) is -2.92. The lowest BCUT2D eigenvalue weighted by atomic mass is 10.0. The number of rotatable bonds is 7. The molecular weight excluding hydrogens is 544 g/mol. The highest BCUT2D eigenvalue weighted by molar-refractivity contribution is 8.77. The molecule has 39 heavy (non-hydrogen) atoms. The molecule has 3 amide bonds. The molecule has 1 fully saturated rings. The molecule has 1 aliphatic rings. The first-order valence-corrected chi connectivity index (χ1v) is 14.4. The predicted octanol–water partition coefficient (Wildman–Crippen LogP) is 0.923. The first-order valence-electron chi connectivity index (χ1n) is 12.1. The van der Waals surface area contributed by atoms with E-state index in [2.05, 4.69) is 16.0 Å². The second kappa shape index (κ2) is 13.1. The number of carboxylic acid groups (broad SMARTS) is 1. The second-order valence-corrected chi connectivity index (χ2v) is 12.7. The number of aliphatic carboxylic acids is 1. The minimum absolute atomic E-state index is 0.0198. The quantitative estimate of drug-likeness (QED) is 0.233. The van der Waals surface area contributed by atoms with Crippen LogP contribution in [0.25, 0.3) is 0 Å². The fourth-order valence-electron chi connectivity index (χ4n) is 3.87. The average molecular weight is 577 g/mol. The van der Waals surface area contributed by atoms with E-state index in [4.69, 9.17) is 5.73 Å². The third-order valence-electron chi connectivity index (χ3n) is 6.11. The Balaban J connectivity index is 1.82. The number of hydrogen-bond donors (Lipinski definition) is 7. The number of benzene rings is 2. The van der Waals surface area contributed by atoms with E-state index in [9.17, 15) is 34.5 Å². The van der Waals surface area contributed by atoms with Crippen molar-refractivity contribution in [1.29, 1.82) is 0 Å². The lowest BCUT2D eigenvalue weighted by Gasteiger charge is -2.31. The van der Waals surface area contributed by atoms with Crippen LogP contribution >= 0.6 is 21.6 Å². The Kier molecular flexibility index (Phi) is 10.1. The van der Waals surface area contributed by atoms with Crippen molar-refractivity contribution in [2.24, 2.45) is 5.73 Å². The fourth-order valence-corrected chi connectivity index (χ4v) is 6.68. The molecule has 4 atom stereocenters.